The zero-order chi connectivity index (χ0) is 35.1. The number of nitrogens with zero attached hydrogens (tertiary/aromatic N) is 3. The van der Waals surface area contributed by atoms with Crippen molar-refractivity contribution < 1.29 is 19.4 Å². The Morgan fingerprint density at radius 2 is 1.21 bits per heavy atom. The van der Waals surface area contributed by atoms with Crippen molar-refractivity contribution in [2.24, 2.45) is 0 Å². The van der Waals surface area contributed by atoms with E-state index in [-0.39, 0.29) is 42.2 Å². The normalized spacial score (nSPS) is 10.1. The molecule has 0 aliphatic rings. The number of benzene rings is 4. The first-order chi connectivity index (χ1) is 22.2. The summed E-state index contributed by atoms with van der Waals surface area (Å²) in [6.07, 6.45) is 0. The third-order valence-corrected chi connectivity index (χ3v) is 7.81. The van der Waals surface area contributed by atoms with E-state index in [0.29, 0.717) is 37.8 Å². The van der Waals surface area contributed by atoms with Crippen LogP contribution in [0.2, 0.25) is 20.1 Å². The molecule has 0 bridgehead atoms. The molecule has 0 atom stereocenters. The Kier molecular flexibility index (Phi) is 19.1. The van der Waals surface area contributed by atoms with Gasteiger partial charge < -0.3 is 5.32 Å². The molecule has 0 aliphatic carbocycles. The molecule has 4 aromatic rings. The molecule has 0 radical (unpaired) electrons. The number of Topliss-reactive ketones (excluding diaryl/α,β-unsaturated/α-hetero) is 2. The lowest BCUT2D eigenvalue weighted by molar-refractivity contribution is -0.385. The second-order valence-corrected chi connectivity index (χ2v) is 12.0. The minimum atomic E-state index is -0.523. The van der Waals surface area contributed by atoms with Crippen LogP contribution in [0.3, 0.4) is 0 Å². The molecule has 0 fully saturated rings. The highest BCUT2D eigenvalue weighted by molar-refractivity contribution is 9.09. The first-order valence-electron chi connectivity index (χ1n) is 13.6. The molecule has 1 N–H and O–H groups in total. The smallest absolute Gasteiger partial charge is 0.270 e. The topological polar surface area (TPSA) is 136 Å². The van der Waals surface area contributed by atoms with Gasteiger partial charge in [0.15, 0.2) is 11.6 Å². The van der Waals surface area contributed by atoms with Crippen molar-refractivity contribution >= 4 is 85.3 Å². The highest BCUT2D eigenvalue weighted by atomic mass is 79.9. The summed E-state index contributed by atoms with van der Waals surface area (Å²) in [7, 11) is 3.66. The van der Waals surface area contributed by atoms with E-state index in [9.17, 15) is 29.8 Å². The summed E-state index contributed by atoms with van der Waals surface area (Å²) < 4.78 is 0. The molecule has 0 amide bonds. The first kappa shape index (κ1) is 42.6. The van der Waals surface area contributed by atoms with Crippen LogP contribution in [-0.4, -0.2) is 52.3 Å². The van der Waals surface area contributed by atoms with Gasteiger partial charge >= 0.3 is 0 Å². The molecule has 48 heavy (non-hydrogen) atoms. The maximum absolute atomic E-state index is 12.2. The number of nitrogens with one attached hydrogen (secondary N) is 1. The molecule has 0 unspecified atom stereocenters. The number of hydrogen-bond acceptors (Lipinski definition) is 8. The van der Waals surface area contributed by atoms with Gasteiger partial charge in [-0.05, 0) is 49.5 Å². The molecule has 0 saturated carbocycles. The molecule has 0 aliphatic heterocycles. The van der Waals surface area contributed by atoms with Crippen LogP contribution < -0.4 is 5.32 Å². The first-order valence-corrected chi connectivity index (χ1v) is 16.2. The lowest BCUT2D eigenvalue weighted by Crippen LogP contribution is -2.25. The number of likely N-dealkylation sites (N-methyl/N-ethyl adjacent to an activating group) is 1. The Hall–Kier alpha value is -3.42. The van der Waals surface area contributed by atoms with Gasteiger partial charge in [0, 0.05) is 68.6 Å². The maximum Gasteiger partial charge on any atom is 0.270 e. The van der Waals surface area contributed by atoms with E-state index in [1.54, 1.807) is 48.3 Å². The molecular formula is C33H33BrCl4N4O6. The molecule has 4 aromatic carbocycles. The van der Waals surface area contributed by atoms with Crippen molar-refractivity contribution in [1.29, 1.82) is 0 Å². The van der Waals surface area contributed by atoms with Crippen molar-refractivity contribution in [2.45, 2.75) is 20.5 Å². The lowest BCUT2D eigenvalue weighted by atomic mass is 10.1. The zero-order valence-corrected chi connectivity index (χ0v) is 29.7. The van der Waals surface area contributed by atoms with Crippen molar-refractivity contribution in [3.05, 3.63) is 148 Å². The molecular weight excluding hydrogens is 770 g/mol. The van der Waals surface area contributed by atoms with Crippen molar-refractivity contribution in [2.75, 3.05) is 26.0 Å². The van der Waals surface area contributed by atoms with Gasteiger partial charge in [0.05, 0.1) is 21.7 Å². The minimum Gasteiger partial charge on any atom is -0.316 e. The monoisotopic (exact) mass is 800 g/mol. The molecule has 4 rings (SSSR count). The maximum atomic E-state index is 12.2. The number of carbonyl (C=O) groups excluding carboxylic acids is 2. The van der Waals surface area contributed by atoms with Crippen molar-refractivity contribution in [1.82, 2.24) is 10.2 Å². The summed E-state index contributed by atoms with van der Waals surface area (Å²) in [6.45, 7) is 1.37. The quantitative estimate of drug-likeness (QED) is 0.0686. The predicted molar refractivity (Wildman–Crippen MR) is 197 cm³/mol. The summed E-state index contributed by atoms with van der Waals surface area (Å²) in [5.41, 5.74) is 2.43. The fourth-order valence-electron chi connectivity index (χ4n) is 3.85. The van der Waals surface area contributed by atoms with E-state index in [0.717, 1.165) is 17.7 Å². The van der Waals surface area contributed by atoms with E-state index in [1.165, 1.54) is 36.4 Å². The van der Waals surface area contributed by atoms with E-state index < -0.39 is 9.85 Å². The fourth-order valence-corrected chi connectivity index (χ4v) is 5.12. The second-order valence-electron chi connectivity index (χ2n) is 9.77. The summed E-state index contributed by atoms with van der Waals surface area (Å²) >= 11 is 26.6. The SMILES string of the molecule is C.CN(CC(=O)c1cccc([N+](=O)[O-])c1)Cc1ccc(Cl)cc1Cl.CNCc1ccc(Cl)cc1Cl.O=C(CBr)c1cccc([N+](=O)[O-])c1. The number of carbonyl (C=O) groups is 2. The van der Waals surface area contributed by atoms with Gasteiger partial charge in [-0.15, -0.1) is 0 Å². The van der Waals surface area contributed by atoms with Crippen LogP contribution in [0.1, 0.15) is 39.3 Å². The molecule has 0 saturated heterocycles. The fraction of sp³-hybridized carbons (Fsp3) is 0.212. The highest BCUT2D eigenvalue weighted by Crippen LogP contribution is 2.23. The Balaban J connectivity index is 0.000000391. The van der Waals surface area contributed by atoms with E-state index in [2.05, 4.69) is 21.2 Å². The van der Waals surface area contributed by atoms with Gasteiger partial charge in [-0.2, -0.15) is 0 Å². The van der Waals surface area contributed by atoms with E-state index in [1.807, 2.05) is 19.2 Å². The standard InChI is InChI=1S/C16H14Cl2N2O3.C8H6BrNO3.C8H9Cl2N.CH4/c1-19(9-12-5-6-13(17)8-15(12)18)10-16(21)11-3-2-4-14(7-11)20(22)23;9-5-8(11)6-2-1-3-7(4-6)10(12)13;1-11-5-6-2-3-7(9)4-8(6)10;/h2-8H,9-10H2,1H3;1-4H,5H2;2-4,11H,5H2,1H3;1H4. The third kappa shape index (κ3) is 14.4. The van der Waals surface area contributed by atoms with Gasteiger partial charge in [-0.3, -0.25) is 34.7 Å². The average Bonchev–Trinajstić information content (AvgIpc) is 3.04. The summed E-state index contributed by atoms with van der Waals surface area (Å²) in [6, 6.07) is 22.1. The van der Waals surface area contributed by atoms with Gasteiger partial charge in [-0.25, -0.2) is 0 Å². The van der Waals surface area contributed by atoms with Crippen molar-refractivity contribution in [3.63, 3.8) is 0 Å². The van der Waals surface area contributed by atoms with Gasteiger partial charge in [-0.1, -0.05) is 106 Å². The average molecular weight is 803 g/mol. The van der Waals surface area contributed by atoms with Gasteiger partial charge in [0.1, 0.15) is 0 Å². The molecule has 0 aromatic heterocycles. The number of nitro benzene ring substituents is 2. The molecule has 0 spiro atoms. The Morgan fingerprint density at radius 3 is 1.62 bits per heavy atom. The zero-order valence-electron chi connectivity index (χ0n) is 25.1. The summed E-state index contributed by atoms with van der Waals surface area (Å²) in [5, 5.41) is 26.8. The Bertz CT molecular complexity index is 1730. The van der Waals surface area contributed by atoms with Crippen LogP contribution in [0.4, 0.5) is 11.4 Å². The van der Waals surface area contributed by atoms with Crippen LogP contribution in [0.5, 0.6) is 0 Å². The van der Waals surface area contributed by atoms with Gasteiger partial charge in [0.2, 0.25) is 0 Å². The van der Waals surface area contributed by atoms with Crippen LogP contribution in [-0.2, 0) is 13.1 Å². The number of halogens is 5. The third-order valence-electron chi connectivity index (χ3n) is 6.13. The lowest BCUT2D eigenvalue weighted by Gasteiger charge is -2.16. The van der Waals surface area contributed by atoms with Crippen molar-refractivity contribution in [3.8, 4) is 0 Å². The highest BCUT2D eigenvalue weighted by Gasteiger charge is 2.15. The molecule has 10 nitrogen and oxygen atoms in total. The number of non-ortho nitro benzene ring substituents is 2. The van der Waals surface area contributed by atoms with Crippen LogP contribution in [0, 0.1) is 20.2 Å². The molecule has 0 heterocycles. The number of hydrogen-bond donors (Lipinski definition) is 1. The van der Waals surface area contributed by atoms with E-state index in [4.69, 9.17) is 46.4 Å². The largest absolute Gasteiger partial charge is 0.316 e. The Labute approximate surface area is 307 Å². The summed E-state index contributed by atoms with van der Waals surface area (Å²) in [5.74, 6) is -0.356. The predicted octanol–water partition coefficient (Wildman–Crippen LogP) is 9.74. The second kappa shape index (κ2) is 21.5. The molecule has 256 valence electrons. The van der Waals surface area contributed by atoms with Crippen LogP contribution in [0.15, 0.2) is 84.9 Å². The van der Waals surface area contributed by atoms with E-state index >= 15 is 0 Å². The number of rotatable bonds is 11. The minimum absolute atomic E-state index is 0. The molecule has 15 heteroatoms. The van der Waals surface area contributed by atoms with Crippen LogP contribution >= 0.6 is 62.3 Å². The van der Waals surface area contributed by atoms with Gasteiger partial charge in [0.25, 0.3) is 11.4 Å². The number of ketones is 2. The number of alkyl halides is 1. The summed E-state index contributed by atoms with van der Waals surface area (Å²) in [4.78, 5) is 45.2. The Morgan fingerprint density at radius 1 is 0.750 bits per heavy atom. The number of nitro groups is 2. The van der Waals surface area contributed by atoms with Crippen LogP contribution in [0.25, 0.3) is 0 Å².